The number of thioether (sulfide) groups is 1. The van der Waals surface area contributed by atoms with Crippen LogP contribution in [0.4, 0.5) is 5.13 Å². The molecule has 1 aromatic heterocycles. The number of nitrogens with one attached hydrogen (secondary N) is 1. The van der Waals surface area contributed by atoms with Crippen LogP contribution in [0.25, 0.3) is 0 Å². The molecule has 1 aliphatic carbocycles. The summed E-state index contributed by atoms with van der Waals surface area (Å²) in [6.07, 6.45) is 4.87. The third kappa shape index (κ3) is 3.10. The Labute approximate surface area is 117 Å². The summed E-state index contributed by atoms with van der Waals surface area (Å²) in [6, 6.07) is 0. The predicted octanol–water partition coefficient (Wildman–Crippen LogP) is 2.20. The van der Waals surface area contributed by atoms with Crippen LogP contribution in [0.2, 0.25) is 0 Å². The molecule has 6 heteroatoms. The molecule has 0 saturated heterocycles. The van der Waals surface area contributed by atoms with Gasteiger partial charge in [0.25, 0.3) is 0 Å². The number of methoxy groups -OCH3 is 1. The molecule has 0 amide bonds. The Balaban J connectivity index is 1.91. The second-order valence-electron chi connectivity index (χ2n) is 4.81. The van der Waals surface area contributed by atoms with Crippen molar-refractivity contribution in [3.63, 3.8) is 0 Å². The molecule has 1 heterocycles. The number of aromatic nitrogens is 1. The van der Waals surface area contributed by atoms with Crippen molar-refractivity contribution < 1.29 is 4.74 Å². The summed E-state index contributed by atoms with van der Waals surface area (Å²) in [6.45, 7) is 1.92. The van der Waals surface area contributed by atoms with Gasteiger partial charge in [-0.3, -0.25) is 0 Å². The van der Waals surface area contributed by atoms with E-state index in [0.717, 1.165) is 24.1 Å². The lowest BCUT2D eigenvalue weighted by molar-refractivity contribution is 0.394. The van der Waals surface area contributed by atoms with Gasteiger partial charge < -0.3 is 15.0 Å². The Morgan fingerprint density at radius 1 is 1.50 bits per heavy atom. The van der Waals surface area contributed by atoms with Crippen LogP contribution in [-0.4, -0.2) is 43.7 Å². The van der Waals surface area contributed by atoms with Gasteiger partial charge in [0.05, 0.1) is 12.0 Å². The molecule has 102 valence electrons. The zero-order chi connectivity index (χ0) is 13.2. The maximum absolute atomic E-state index is 5.33. The molecule has 0 aliphatic heterocycles. The fourth-order valence-electron chi connectivity index (χ4n) is 1.78. The van der Waals surface area contributed by atoms with Crippen molar-refractivity contribution >= 4 is 28.2 Å². The second-order valence-corrected chi connectivity index (χ2v) is 7.15. The van der Waals surface area contributed by atoms with E-state index < -0.39 is 0 Å². The van der Waals surface area contributed by atoms with E-state index in [1.165, 1.54) is 17.7 Å². The van der Waals surface area contributed by atoms with Gasteiger partial charge in [0.1, 0.15) is 0 Å². The normalized spacial score (nSPS) is 16.7. The topological polar surface area (TPSA) is 37.4 Å². The average molecular weight is 287 g/mol. The predicted molar refractivity (Wildman–Crippen MR) is 80.2 cm³/mol. The number of thiazole rings is 1. The van der Waals surface area contributed by atoms with E-state index in [1.54, 1.807) is 18.4 Å². The number of rotatable bonds is 7. The largest absolute Gasteiger partial charge is 0.480 e. The van der Waals surface area contributed by atoms with Crippen molar-refractivity contribution in [2.24, 2.45) is 0 Å². The molecule has 4 nitrogen and oxygen atoms in total. The van der Waals surface area contributed by atoms with Gasteiger partial charge in [0, 0.05) is 31.9 Å². The Hall–Kier alpha value is -0.460. The molecule has 0 radical (unpaired) electrons. The molecule has 1 fully saturated rings. The Bertz CT molecular complexity index is 402. The molecule has 1 aromatic rings. The molecule has 1 aliphatic rings. The van der Waals surface area contributed by atoms with Crippen LogP contribution in [0, 0.1) is 0 Å². The zero-order valence-electron chi connectivity index (χ0n) is 11.4. The van der Waals surface area contributed by atoms with Gasteiger partial charge in [-0.25, -0.2) is 0 Å². The highest BCUT2D eigenvalue weighted by atomic mass is 32.2. The monoisotopic (exact) mass is 287 g/mol. The molecule has 0 aromatic carbocycles. The second kappa shape index (κ2) is 5.67. The van der Waals surface area contributed by atoms with Crippen molar-refractivity contribution in [1.29, 1.82) is 0 Å². The fraction of sp³-hybridized carbons (Fsp3) is 0.750. The third-order valence-corrected chi connectivity index (χ3v) is 5.82. The Morgan fingerprint density at radius 2 is 2.22 bits per heavy atom. The highest BCUT2D eigenvalue weighted by Gasteiger charge is 2.41. The van der Waals surface area contributed by atoms with E-state index in [-0.39, 0.29) is 0 Å². The zero-order valence-corrected chi connectivity index (χ0v) is 13.1. The van der Waals surface area contributed by atoms with Crippen LogP contribution in [0.15, 0.2) is 0 Å². The summed E-state index contributed by atoms with van der Waals surface area (Å²) < 4.78 is 5.83. The lowest BCUT2D eigenvalue weighted by atomic mass is 10.4. The van der Waals surface area contributed by atoms with Gasteiger partial charge in [0.15, 0.2) is 5.13 Å². The number of hydrogen-bond acceptors (Lipinski definition) is 6. The first-order chi connectivity index (χ1) is 8.60. The Kier molecular flexibility index (Phi) is 4.40. The van der Waals surface area contributed by atoms with Crippen LogP contribution in [0.5, 0.6) is 5.88 Å². The van der Waals surface area contributed by atoms with Crippen LogP contribution in [0.1, 0.15) is 17.7 Å². The van der Waals surface area contributed by atoms with E-state index in [0.29, 0.717) is 4.75 Å². The highest BCUT2D eigenvalue weighted by Crippen LogP contribution is 2.46. The molecule has 2 rings (SSSR count). The van der Waals surface area contributed by atoms with E-state index in [4.69, 9.17) is 4.74 Å². The lowest BCUT2D eigenvalue weighted by Crippen LogP contribution is -2.25. The molecule has 0 bridgehead atoms. The summed E-state index contributed by atoms with van der Waals surface area (Å²) in [5.41, 5.74) is 0. The van der Waals surface area contributed by atoms with Gasteiger partial charge in [-0.1, -0.05) is 11.3 Å². The maximum atomic E-state index is 5.33. The number of anilines is 1. The number of hydrogen-bond donors (Lipinski definition) is 1. The van der Waals surface area contributed by atoms with Crippen LogP contribution in [-0.2, 0) is 6.54 Å². The molecule has 1 N–H and O–H groups in total. The average Bonchev–Trinajstić information content (AvgIpc) is 3.01. The molecule has 0 unspecified atom stereocenters. The van der Waals surface area contributed by atoms with Crippen LogP contribution >= 0.6 is 23.1 Å². The Morgan fingerprint density at radius 3 is 2.72 bits per heavy atom. The molecule has 0 atom stereocenters. The van der Waals surface area contributed by atoms with Crippen LogP contribution in [0.3, 0.4) is 0 Å². The van der Waals surface area contributed by atoms with Gasteiger partial charge in [-0.05, 0) is 19.1 Å². The first-order valence-electron chi connectivity index (χ1n) is 6.07. The summed E-state index contributed by atoms with van der Waals surface area (Å²) in [5, 5.41) is 4.53. The summed E-state index contributed by atoms with van der Waals surface area (Å²) in [4.78, 5) is 7.65. The fourth-order valence-corrected chi connectivity index (χ4v) is 3.46. The third-order valence-electron chi connectivity index (χ3n) is 3.20. The van der Waals surface area contributed by atoms with Gasteiger partial charge in [0.2, 0.25) is 5.88 Å². The lowest BCUT2D eigenvalue weighted by Gasteiger charge is -2.12. The first kappa shape index (κ1) is 14.0. The van der Waals surface area contributed by atoms with Gasteiger partial charge in [-0.15, -0.1) is 0 Å². The first-order valence-corrected chi connectivity index (χ1v) is 8.11. The minimum Gasteiger partial charge on any atom is -0.480 e. The molecule has 18 heavy (non-hydrogen) atoms. The standard InChI is InChI=1S/C12H21N3OS2/c1-15(2)11-14-10(16-3)9(18-11)7-13-8-12(17-4)5-6-12/h13H,5-8H2,1-4H3. The summed E-state index contributed by atoms with van der Waals surface area (Å²) in [7, 11) is 5.69. The smallest absolute Gasteiger partial charge is 0.230 e. The molecular formula is C12H21N3OS2. The molecule has 0 spiro atoms. The van der Waals surface area contributed by atoms with Crippen molar-refractivity contribution in [3.8, 4) is 5.88 Å². The van der Waals surface area contributed by atoms with Crippen molar-refractivity contribution in [1.82, 2.24) is 10.3 Å². The highest BCUT2D eigenvalue weighted by molar-refractivity contribution is 8.00. The van der Waals surface area contributed by atoms with Crippen molar-refractivity contribution in [2.75, 3.05) is 38.9 Å². The van der Waals surface area contributed by atoms with E-state index in [2.05, 4.69) is 16.6 Å². The molecular weight excluding hydrogens is 266 g/mol. The van der Waals surface area contributed by atoms with Gasteiger partial charge in [-0.2, -0.15) is 16.7 Å². The maximum Gasteiger partial charge on any atom is 0.230 e. The summed E-state index contributed by atoms with van der Waals surface area (Å²) >= 11 is 3.67. The number of nitrogens with zero attached hydrogens (tertiary/aromatic N) is 2. The van der Waals surface area contributed by atoms with E-state index in [9.17, 15) is 0 Å². The quantitative estimate of drug-likeness (QED) is 0.832. The van der Waals surface area contributed by atoms with Crippen LogP contribution < -0.4 is 15.0 Å². The minimum absolute atomic E-state index is 0.502. The number of ether oxygens (including phenoxy) is 1. The SMILES string of the molecule is COc1nc(N(C)C)sc1CNCC1(SC)CC1. The van der Waals surface area contributed by atoms with Crippen molar-refractivity contribution in [3.05, 3.63) is 4.88 Å². The van der Waals surface area contributed by atoms with E-state index in [1.807, 2.05) is 30.8 Å². The van der Waals surface area contributed by atoms with Crippen molar-refractivity contribution in [2.45, 2.75) is 24.1 Å². The summed E-state index contributed by atoms with van der Waals surface area (Å²) in [5.74, 6) is 0.755. The van der Waals surface area contributed by atoms with E-state index >= 15 is 0 Å². The minimum atomic E-state index is 0.502. The molecule has 1 saturated carbocycles. The van der Waals surface area contributed by atoms with Gasteiger partial charge >= 0.3 is 0 Å².